The quantitative estimate of drug-likeness (QED) is 0.142. The zero-order valence-corrected chi connectivity index (χ0v) is 31.3. The van der Waals surface area contributed by atoms with Crippen LogP contribution in [0.15, 0.2) is 30.3 Å². The van der Waals surface area contributed by atoms with Crippen molar-refractivity contribution in [1.29, 1.82) is 0 Å². The first-order chi connectivity index (χ1) is 23.9. The van der Waals surface area contributed by atoms with Crippen LogP contribution in [0, 0.1) is 30.1 Å². The molecule has 2 amide bonds. The molecule has 11 nitrogen and oxygen atoms in total. The van der Waals surface area contributed by atoms with E-state index in [1.165, 1.54) is 4.31 Å². The highest BCUT2D eigenvalue weighted by Crippen LogP contribution is 2.29. The van der Waals surface area contributed by atoms with Crippen LogP contribution in [0.1, 0.15) is 83.6 Å². The number of aliphatic hydroxyl groups is 2. The predicted octanol–water partition coefficient (Wildman–Crippen LogP) is 2.95. The van der Waals surface area contributed by atoms with Crippen molar-refractivity contribution >= 4 is 21.8 Å². The maximum Gasteiger partial charge on any atom is 0.242 e. The summed E-state index contributed by atoms with van der Waals surface area (Å²) < 4.78 is 33.9. The summed E-state index contributed by atoms with van der Waals surface area (Å²) in [5.41, 5.74) is 0.803. The maximum atomic E-state index is 14.0. The lowest BCUT2D eigenvalue weighted by molar-refractivity contribution is -0.132. The molecule has 4 N–H and O–H groups in total. The molecule has 3 rings (SSSR count). The van der Waals surface area contributed by atoms with E-state index in [2.05, 4.69) is 21.5 Å². The Morgan fingerprint density at radius 3 is 2.38 bits per heavy atom. The fourth-order valence-corrected chi connectivity index (χ4v) is 8.45. The predicted molar refractivity (Wildman–Crippen MR) is 197 cm³/mol. The van der Waals surface area contributed by atoms with E-state index in [9.17, 15) is 28.2 Å². The van der Waals surface area contributed by atoms with Crippen molar-refractivity contribution in [2.24, 2.45) is 17.8 Å². The van der Waals surface area contributed by atoms with Gasteiger partial charge in [0, 0.05) is 33.1 Å². The summed E-state index contributed by atoms with van der Waals surface area (Å²) in [4.78, 5) is 30.1. The Labute approximate surface area is 301 Å². The Balaban J connectivity index is 1.76. The molecule has 2 aliphatic rings. The molecule has 0 spiro atoms. The molecule has 0 aromatic heterocycles. The van der Waals surface area contributed by atoms with Gasteiger partial charge in [-0.1, -0.05) is 76.3 Å². The van der Waals surface area contributed by atoms with Gasteiger partial charge in [0.15, 0.2) is 0 Å². The number of hydrogen-bond acceptors (Lipinski definition) is 8. The van der Waals surface area contributed by atoms with E-state index < -0.39 is 57.8 Å². The zero-order valence-electron chi connectivity index (χ0n) is 30.5. The summed E-state index contributed by atoms with van der Waals surface area (Å²) in [6.07, 6.45) is 10.8. The van der Waals surface area contributed by atoms with Gasteiger partial charge >= 0.3 is 0 Å². The minimum atomic E-state index is -3.83. The third-order valence-corrected chi connectivity index (χ3v) is 12.0. The zero-order chi connectivity index (χ0) is 36.5. The number of amides is 2. The summed E-state index contributed by atoms with van der Waals surface area (Å²) in [5.74, 6) is 0.539. The van der Waals surface area contributed by atoms with Crippen LogP contribution in [-0.4, -0.2) is 116 Å². The van der Waals surface area contributed by atoms with Gasteiger partial charge in [0.2, 0.25) is 21.8 Å². The average Bonchev–Trinajstić information content (AvgIpc) is 3.10. The molecule has 0 bridgehead atoms. The van der Waals surface area contributed by atoms with Crippen molar-refractivity contribution < 1.29 is 33.0 Å². The van der Waals surface area contributed by atoms with Crippen molar-refractivity contribution in [3.05, 3.63) is 35.9 Å². The highest BCUT2D eigenvalue weighted by atomic mass is 32.2. The third kappa shape index (κ3) is 14.6. The standard InChI is InChI=1S/C38H62N4O7S/c1-5-6-18-33(38(46)40-34(27-31-16-11-8-12-17-31)36(44)35(43)25-29(2)3)39-37(45)32(26-30-14-9-7-10-15-30)28-50(47,48)41(4)19-13-20-42-21-23-49-24-22-42/h1,7,9-10,14-15,29,31-36,43-44H,6,8,11-13,16-28H2,2-4H3,(H,39,45)(H,40,46)/t32-,33+,34+,35+,36-/m1/s1. The van der Waals surface area contributed by atoms with Gasteiger partial charge in [-0.3, -0.25) is 14.5 Å². The van der Waals surface area contributed by atoms with Gasteiger partial charge < -0.3 is 25.6 Å². The van der Waals surface area contributed by atoms with Crippen LogP contribution in [0.5, 0.6) is 0 Å². The van der Waals surface area contributed by atoms with E-state index >= 15 is 0 Å². The van der Waals surface area contributed by atoms with Gasteiger partial charge in [-0.05, 0) is 56.0 Å². The lowest BCUT2D eigenvalue weighted by atomic mass is 9.82. The number of nitrogens with one attached hydrogen (secondary N) is 2. The molecule has 12 heteroatoms. The second kappa shape index (κ2) is 21.7. The average molecular weight is 719 g/mol. The van der Waals surface area contributed by atoms with Crippen LogP contribution in [0.3, 0.4) is 0 Å². The molecular formula is C38H62N4O7S. The SMILES string of the molecule is C#CCC[C@H](NC(=O)[C@H](Cc1ccccc1)CS(=O)(=O)N(C)CCCN1CCOCC1)C(=O)N[C@@H](CC1CCCCC1)[C@@H](O)[C@@H](O)CC(C)C. The number of morpholine rings is 1. The van der Waals surface area contributed by atoms with Crippen LogP contribution < -0.4 is 10.6 Å². The monoisotopic (exact) mass is 718 g/mol. The van der Waals surface area contributed by atoms with Crippen molar-refractivity contribution in [3.63, 3.8) is 0 Å². The molecule has 2 fully saturated rings. The number of carbonyl (C=O) groups excluding carboxylic acids is 2. The number of nitrogens with zero attached hydrogens (tertiary/aromatic N) is 2. The molecule has 1 aliphatic carbocycles. The molecule has 282 valence electrons. The van der Waals surface area contributed by atoms with Gasteiger partial charge in [0.05, 0.1) is 37.0 Å². The molecule has 1 aliphatic heterocycles. The van der Waals surface area contributed by atoms with Gasteiger partial charge in [-0.25, -0.2) is 12.7 Å². The summed E-state index contributed by atoms with van der Waals surface area (Å²) in [6, 6.07) is 7.47. The Morgan fingerprint density at radius 1 is 1.06 bits per heavy atom. The molecule has 0 unspecified atom stereocenters. The highest BCUT2D eigenvalue weighted by Gasteiger charge is 2.35. The Kier molecular flexibility index (Phi) is 18.2. The van der Waals surface area contributed by atoms with Crippen molar-refractivity contribution in [3.8, 4) is 12.3 Å². The van der Waals surface area contributed by atoms with Gasteiger partial charge in [-0.15, -0.1) is 12.3 Å². The molecule has 1 aromatic carbocycles. The third-order valence-electron chi connectivity index (χ3n) is 10.0. The Hall–Kier alpha value is -2.53. The number of sulfonamides is 1. The molecule has 1 aromatic rings. The van der Waals surface area contributed by atoms with Gasteiger partial charge in [0.1, 0.15) is 12.1 Å². The number of ether oxygens (including phenoxy) is 1. The van der Waals surface area contributed by atoms with E-state index in [4.69, 9.17) is 11.2 Å². The molecular weight excluding hydrogens is 657 g/mol. The Morgan fingerprint density at radius 2 is 1.74 bits per heavy atom. The lowest BCUT2D eigenvalue weighted by Gasteiger charge is -2.34. The van der Waals surface area contributed by atoms with Crippen molar-refractivity contribution in [1.82, 2.24) is 19.8 Å². The van der Waals surface area contributed by atoms with E-state index in [1.807, 2.05) is 44.2 Å². The number of rotatable bonds is 21. The molecule has 5 atom stereocenters. The van der Waals surface area contributed by atoms with E-state index in [-0.39, 0.29) is 25.2 Å². The van der Waals surface area contributed by atoms with Crippen LogP contribution in [0.2, 0.25) is 0 Å². The van der Waals surface area contributed by atoms with Crippen LogP contribution >= 0.6 is 0 Å². The molecule has 0 radical (unpaired) electrons. The van der Waals surface area contributed by atoms with Crippen LogP contribution in [-0.2, 0) is 30.8 Å². The van der Waals surface area contributed by atoms with Crippen LogP contribution in [0.25, 0.3) is 0 Å². The summed E-state index contributed by atoms with van der Waals surface area (Å²) in [6.45, 7) is 8.00. The highest BCUT2D eigenvalue weighted by molar-refractivity contribution is 7.89. The fraction of sp³-hybridized carbons (Fsp3) is 0.737. The maximum absolute atomic E-state index is 14.0. The molecule has 1 saturated carbocycles. The topological polar surface area (TPSA) is 149 Å². The minimum absolute atomic E-state index is 0.140. The van der Waals surface area contributed by atoms with E-state index in [1.54, 1.807) is 7.05 Å². The smallest absolute Gasteiger partial charge is 0.242 e. The largest absolute Gasteiger partial charge is 0.390 e. The number of benzene rings is 1. The number of carbonyl (C=O) groups is 2. The van der Waals surface area contributed by atoms with Gasteiger partial charge in [0.25, 0.3) is 0 Å². The number of terminal acetylenes is 1. The van der Waals surface area contributed by atoms with Crippen molar-refractivity contribution in [2.45, 2.75) is 109 Å². The summed E-state index contributed by atoms with van der Waals surface area (Å²) >= 11 is 0. The van der Waals surface area contributed by atoms with E-state index in [0.717, 1.165) is 57.3 Å². The second-order valence-electron chi connectivity index (χ2n) is 14.6. The minimum Gasteiger partial charge on any atom is -0.390 e. The number of hydrogen-bond donors (Lipinski definition) is 4. The lowest BCUT2D eigenvalue weighted by Crippen LogP contribution is -2.56. The molecule has 50 heavy (non-hydrogen) atoms. The summed E-state index contributed by atoms with van der Waals surface area (Å²) in [7, 11) is -2.29. The first-order valence-corrected chi connectivity index (χ1v) is 20.2. The fourth-order valence-electron chi connectivity index (χ4n) is 7.01. The first kappa shape index (κ1) is 41.9. The van der Waals surface area contributed by atoms with Crippen molar-refractivity contribution in [2.75, 3.05) is 52.2 Å². The molecule has 1 saturated heterocycles. The Bertz CT molecular complexity index is 1290. The normalized spacial score (nSPS) is 19.3. The number of aliphatic hydroxyl groups excluding tert-OH is 2. The van der Waals surface area contributed by atoms with Crippen LogP contribution in [0.4, 0.5) is 0 Å². The second-order valence-corrected chi connectivity index (χ2v) is 16.8. The van der Waals surface area contributed by atoms with Gasteiger partial charge in [-0.2, -0.15) is 0 Å². The summed E-state index contributed by atoms with van der Waals surface area (Å²) in [5, 5.41) is 27.9. The van der Waals surface area contributed by atoms with E-state index in [0.29, 0.717) is 44.9 Å². The first-order valence-electron chi connectivity index (χ1n) is 18.6. The molecule has 1 heterocycles.